The van der Waals surface area contributed by atoms with Gasteiger partial charge in [0.25, 0.3) is 0 Å². The lowest BCUT2D eigenvalue weighted by molar-refractivity contribution is 0.0766. The van der Waals surface area contributed by atoms with Crippen LogP contribution < -0.4 is 10.5 Å². The molecule has 1 aliphatic rings. The first-order chi connectivity index (χ1) is 10.1. The van der Waals surface area contributed by atoms with E-state index < -0.39 is 0 Å². The second kappa shape index (κ2) is 6.99. The zero-order valence-electron chi connectivity index (χ0n) is 13.4. The highest BCUT2D eigenvalue weighted by molar-refractivity contribution is 6.32. The van der Waals surface area contributed by atoms with Crippen LogP contribution in [-0.2, 0) is 0 Å². The zero-order chi connectivity index (χ0) is 15.5. The van der Waals surface area contributed by atoms with Gasteiger partial charge in [-0.15, -0.1) is 0 Å². The molecule has 1 fully saturated rings. The molecule has 1 aromatic rings. The van der Waals surface area contributed by atoms with E-state index in [9.17, 15) is 0 Å². The molecule has 3 nitrogen and oxygen atoms in total. The molecule has 118 valence electrons. The summed E-state index contributed by atoms with van der Waals surface area (Å²) in [6, 6.07) is 5.88. The van der Waals surface area contributed by atoms with Crippen LogP contribution in [0.1, 0.15) is 51.1 Å². The van der Waals surface area contributed by atoms with Crippen LogP contribution in [-0.4, -0.2) is 30.6 Å². The number of rotatable bonds is 6. The number of likely N-dealkylation sites (tertiary alicyclic amines) is 1. The molecule has 0 aromatic heterocycles. The molecule has 1 aliphatic heterocycles. The number of hydrogen-bond donors (Lipinski definition) is 1. The van der Waals surface area contributed by atoms with E-state index in [-0.39, 0.29) is 11.6 Å². The molecule has 0 radical (unpaired) electrons. The maximum absolute atomic E-state index is 6.71. The molecule has 2 rings (SSSR count). The van der Waals surface area contributed by atoms with Crippen molar-refractivity contribution in [3.05, 3.63) is 28.8 Å². The third kappa shape index (κ3) is 3.05. The SMILES string of the molecule is CCC(CC)(C(N)c1ccc(Cl)c(OC)c1)N1CCCC1. The third-order valence-corrected chi connectivity index (χ3v) is 5.39. The monoisotopic (exact) mass is 310 g/mol. The van der Waals surface area contributed by atoms with Crippen molar-refractivity contribution in [1.29, 1.82) is 0 Å². The molecule has 0 aliphatic carbocycles. The van der Waals surface area contributed by atoms with Gasteiger partial charge in [0.2, 0.25) is 0 Å². The lowest BCUT2D eigenvalue weighted by Gasteiger charge is -2.45. The topological polar surface area (TPSA) is 38.5 Å². The molecule has 0 saturated carbocycles. The quantitative estimate of drug-likeness (QED) is 0.863. The lowest BCUT2D eigenvalue weighted by atomic mass is 9.79. The predicted octanol–water partition coefficient (Wildman–Crippen LogP) is 4.00. The first-order valence-electron chi connectivity index (χ1n) is 7.93. The summed E-state index contributed by atoms with van der Waals surface area (Å²) in [6.45, 7) is 6.80. The van der Waals surface area contributed by atoms with E-state index in [4.69, 9.17) is 22.1 Å². The van der Waals surface area contributed by atoms with Crippen molar-refractivity contribution in [1.82, 2.24) is 4.90 Å². The van der Waals surface area contributed by atoms with Gasteiger partial charge in [-0.05, 0) is 56.5 Å². The Bertz CT molecular complexity index is 468. The Morgan fingerprint density at radius 3 is 2.43 bits per heavy atom. The van der Waals surface area contributed by atoms with Crippen molar-refractivity contribution in [2.75, 3.05) is 20.2 Å². The van der Waals surface area contributed by atoms with Crippen molar-refractivity contribution < 1.29 is 4.74 Å². The molecule has 1 unspecified atom stereocenters. The number of hydrogen-bond acceptors (Lipinski definition) is 3. The van der Waals surface area contributed by atoms with Crippen molar-refractivity contribution in [2.24, 2.45) is 5.73 Å². The largest absolute Gasteiger partial charge is 0.495 e. The second-order valence-electron chi connectivity index (χ2n) is 5.88. The summed E-state index contributed by atoms with van der Waals surface area (Å²) in [7, 11) is 1.64. The molecule has 1 heterocycles. The smallest absolute Gasteiger partial charge is 0.137 e. The van der Waals surface area contributed by atoms with Gasteiger partial charge in [-0.1, -0.05) is 31.5 Å². The average Bonchev–Trinajstić information content (AvgIpc) is 3.04. The van der Waals surface area contributed by atoms with Crippen LogP contribution in [0.4, 0.5) is 0 Å². The normalized spacial score (nSPS) is 18.0. The van der Waals surface area contributed by atoms with Crippen LogP contribution in [0.15, 0.2) is 18.2 Å². The van der Waals surface area contributed by atoms with Crippen molar-refractivity contribution in [3.8, 4) is 5.75 Å². The highest BCUT2D eigenvalue weighted by Crippen LogP contribution is 2.39. The number of methoxy groups -OCH3 is 1. The van der Waals surface area contributed by atoms with E-state index >= 15 is 0 Å². The minimum absolute atomic E-state index is 0.0232. The summed E-state index contributed by atoms with van der Waals surface area (Å²) in [4.78, 5) is 2.58. The summed E-state index contributed by atoms with van der Waals surface area (Å²) in [5, 5.41) is 0.633. The Kier molecular flexibility index (Phi) is 5.53. The van der Waals surface area contributed by atoms with Crippen LogP contribution in [0, 0.1) is 0 Å². The molecule has 1 aromatic carbocycles. The highest BCUT2D eigenvalue weighted by atomic mass is 35.5. The van der Waals surface area contributed by atoms with Gasteiger partial charge in [0.15, 0.2) is 0 Å². The number of nitrogens with zero attached hydrogens (tertiary/aromatic N) is 1. The first kappa shape index (κ1) is 16.6. The number of benzene rings is 1. The van der Waals surface area contributed by atoms with E-state index in [1.807, 2.05) is 18.2 Å². The minimum Gasteiger partial charge on any atom is -0.495 e. The Balaban J connectivity index is 2.35. The Labute approximate surface area is 133 Å². The molecular weight excluding hydrogens is 284 g/mol. The van der Waals surface area contributed by atoms with Crippen LogP contribution in [0.3, 0.4) is 0 Å². The maximum Gasteiger partial charge on any atom is 0.137 e. The molecule has 0 spiro atoms. The van der Waals surface area contributed by atoms with Crippen LogP contribution >= 0.6 is 11.6 Å². The molecular formula is C17H27ClN2O. The lowest BCUT2D eigenvalue weighted by Crippen LogP contribution is -2.53. The summed E-state index contributed by atoms with van der Waals surface area (Å²) in [6.07, 6.45) is 4.65. The fraction of sp³-hybridized carbons (Fsp3) is 0.647. The van der Waals surface area contributed by atoms with E-state index in [0.29, 0.717) is 10.8 Å². The van der Waals surface area contributed by atoms with Gasteiger partial charge in [-0.2, -0.15) is 0 Å². The maximum atomic E-state index is 6.71. The van der Waals surface area contributed by atoms with Gasteiger partial charge < -0.3 is 10.5 Å². The molecule has 21 heavy (non-hydrogen) atoms. The van der Waals surface area contributed by atoms with Gasteiger partial charge in [0, 0.05) is 11.6 Å². The van der Waals surface area contributed by atoms with Gasteiger partial charge in [-0.25, -0.2) is 0 Å². The van der Waals surface area contributed by atoms with E-state index in [1.54, 1.807) is 7.11 Å². The molecule has 1 atom stereocenters. The van der Waals surface area contributed by atoms with Crippen LogP contribution in [0.2, 0.25) is 5.02 Å². The molecule has 4 heteroatoms. The fourth-order valence-corrected chi connectivity index (χ4v) is 3.87. The third-order valence-electron chi connectivity index (χ3n) is 5.07. The van der Waals surface area contributed by atoms with Crippen LogP contribution in [0.25, 0.3) is 0 Å². The fourth-order valence-electron chi connectivity index (χ4n) is 3.68. The number of halogens is 1. The van der Waals surface area contributed by atoms with E-state index in [0.717, 1.165) is 31.5 Å². The number of ether oxygens (including phenoxy) is 1. The van der Waals surface area contributed by atoms with Gasteiger partial charge in [0.05, 0.1) is 12.1 Å². The number of nitrogens with two attached hydrogens (primary N) is 1. The van der Waals surface area contributed by atoms with Gasteiger partial charge in [-0.3, -0.25) is 4.90 Å². The Morgan fingerprint density at radius 1 is 1.29 bits per heavy atom. The van der Waals surface area contributed by atoms with Crippen molar-refractivity contribution in [2.45, 2.75) is 51.1 Å². The Hall–Kier alpha value is -0.770. The summed E-state index contributed by atoms with van der Waals surface area (Å²) in [5.41, 5.74) is 7.84. The van der Waals surface area contributed by atoms with Crippen LogP contribution in [0.5, 0.6) is 5.75 Å². The summed E-state index contributed by atoms with van der Waals surface area (Å²) in [5.74, 6) is 0.701. The Morgan fingerprint density at radius 2 is 1.90 bits per heavy atom. The summed E-state index contributed by atoms with van der Waals surface area (Å²) < 4.78 is 5.34. The standard InChI is InChI=1S/C17H27ClN2O/c1-4-17(5-2,20-10-6-7-11-20)16(19)13-8-9-14(18)15(12-13)21-3/h8-9,12,16H,4-7,10-11,19H2,1-3H3. The zero-order valence-corrected chi connectivity index (χ0v) is 14.1. The average molecular weight is 311 g/mol. The minimum atomic E-state index is -0.0308. The van der Waals surface area contributed by atoms with Gasteiger partial charge >= 0.3 is 0 Å². The first-order valence-corrected chi connectivity index (χ1v) is 8.31. The molecule has 0 bridgehead atoms. The van der Waals surface area contributed by atoms with E-state index in [1.165, 1.54) is 12.8 Å². The molecule has 2 N–H and O–H groups in total. The predicted molar refractivity (Wildman–Crippen MR) is 89.1 cm³/mol. The van der Waals surface area contributed by atoms with E-state index in [2.05, 4.69) is 18.7 Å². The molecule has 0 amide bonds. The highest BCUT2D eigenvalue weighted by Gasteiger charge is 2.41. The molecule has 1 saturated heterocycles. The second-order valence-corrected chi connectivity index (χ2v) is 6.28. The van der Waals surface area contributed by atoms with Crippen molar-refractivity contribution >= 4 is 11.6 Å². The van der Waals surface area contributed by atoms with Crippen molar-refractivity contribution in [3.63, 3.8) is 0 Å². The van der Waals surface area contributed by atoms with Gasteiger partial charge in [0.1, 0.15) is 5.75 Å². The summed E-state index contributed by atoms with van der Waals surface area (Å²) >= 11 is 6.13.